The SMILES string of the molecule is N#CC1CCN(C(=O)c2ccc(F)cc2)CC1. The van der Waals surface area contributed by atoms with Gasteiger partial charge in [-0.15, -0.1) is 0 Å². The van der Waals surface area contributed by atoms with Gasteiger partial charge in [-0.25, -0.2) is 4.39 Å². The molecule has 0 saturated carbocycles. The van der Waals surface area contributed by atoms with Crippen molar-refractivity contribution in [1.29, 1.82) is 5.26 Å². The van der Waals surface area contributed by atoms with E-state index in [1.807, 2.05) is 0 Å². The first-order valence-electron chi connectivity index (χ1n) is 5.65. The first-order valence-corrected chi connectivity index (χ1v) is 5.65. The molecule has 0 N–H and O–H groups in total. The van der Waals surface area contributed by atoms with Crippen molar-refractivity contribution < 1.29 is 9.18 Å². The van der Waals surface area contributed by atoms with Crippen molar-refractivity contribution in [3.8, 4) is 6.07 Å². The number of hydrogen-bond acceptors (Lipinski definition) is 2. The van der Waals surface area contributed by atoms with Gasteiger partial charge in [0.2, 0.25) is 0 Å². The molecule has 0 unspecified atom stereocenters. The standard InChI is InChI=1S/C13H13FN2O/c14-12-3-1-11(2-4-12)13(17)16-7-5-10(9-15)6-8-16/h1-4,10H,5-8H2. The fourth-order valence-electron chi connectivity index (χ4n) is 1.99. The van der Waals surface area contributed by atoms with E-state index in [0.717, 1.165) is 12.8 Å². The average Bonchev–Trinajstić information content (AvgIpc) is 2.39. The molecule has 0 bridgehead atoms. The largest absolute Gasteiger partial charge is 0.339 e. The second-order valence-corrected chi connectivity index (χ2v) is 4.20. The Balaban J connectivity index is 2.02. The van der Waals surface area contributed by atoms with E-state index in [4.69, 9.17) is 5.26 Å². The lowest BCUT2D eigenvalue weighted by molar-refractivity contribution is 0.0707. The van der Waals surface area contributed by atoms with Crippen molar-refractivity contribution in [2.45, 2.75) is 12.8 Å². The van der Waals surface area contributed by atoms with E-state index in [-0.39, 0.29) is 17.6 Å². The van der Waals surface area contributed by atoms with Gasteiger partial charge in [0.25, 0.3) is 5.91 Å². The van der Waals surface area contributed by atoms with E-state index < -0.39 is 0 Å². The van der Waals surface area contributed by atoms with Gasteiger partial charge in [-0.3, -0.25) is 4.79 Å². The highest BCUT2D eigenvalue weighted by atomic mass is 19.1. The van der Waals surface area contributed by atoms with Gasteiger partial charge >= 0.3 is 0 Å². The molecule has 0 radical (unpaired) electrons. The van der Waals surface area contributed by atoms with Crippen LogP contribution in [0.2, 0.25) is 0 Å². The molecule has 2 rings (SSSR count). The fraction of sp³-hybridized carbons (Fsp3) is 0.385. The minimum absolute atomic E-state index is 0.0623. The summed E-state index contributed by atoms with van der Waals surface area (Å²) >= 11 is 0. The predicted molar refractivity (Wildman–Crippen MR) is 60.6 cm³/mol. The smallest absolute Gasteiger partial charge is 0.253 e. The number of halogens is 1. The van der Waals surface area contributed by atoms with Crippen LogP contribution in [0.25, 0.3) is 0 Å². The maximum Gasteiger partial charge on any atom is 0.253 e. The van der Waals surface area contributed by atoms with E-state index in [0.29, 0.717) is 18.7 Å². The van der Waals surface area contributed by atoms with Crippen LogP contribution >= 0.6 is 0 Å². The average molecular weight is 232 g/mol. The number of carbonyl (C=O) groups excluding carboxylic acids is 1. The fourth-order valence-corrected chi connectivity index (χ4v) is 1.99. The Kier molecular flexibility index (Phi) is 3.38. The summed E-state index contributed by atoms with van der Waals surface area (Å²) in [7, 11) is 0. The van der Waals surface area contributed by atoms with Crippen LogP contribution in [0, 0.1) is 23.1 Å². The van der Waals surface area contributed by atoms with Gasteiger partial charge in [-0.1, -0.05) is 0 Å². The van der Waals surface area contributed by atoms with Gasteiger partial charge in [-0.2, -0.15) is 5.26 Å². The first kappa shape index (κ1) is 11.6. The molecule has 1 aliphatic heterocycles. The summed E-state index contributed by atoms with van der Waals surface area (Å²) < 4.78 is 12.7. The molecule has 1 aromatic rings. The van der Waals surface area contributed by atoms with Crippen molar-refractivity contribution >= 4 is 5.91 Å². The van der Waals surface area contributed by atoms with Crippen molar-refractivity contribution in [3.63, 3.8) is 0 Å². The first-order chi connectivity index (χ1) is 8.20. The molecule has 4 heteroatoms. The number of hydrogen-bond donors (Lipinski definition) is 0. The van der Waals surface area contributed by atoms with Crippen LogP contribution in [0.4, 0.5) is 4.39 Å². The quantitative estimate of drug-likeness (QED) is 0.745. The molecule has 0 aromatic heterocycles. The van der Waals surface area contributed by atoms with Crippen molar-refractivity contribution in [2.24, 2.45) is 5.92 Å². The molecule has 1 aliphatic rings. The van der Waals surface area contributed by atoms with Crippen molar-refractivity contribution in [2.75, 3.05) is 13.1 Å². The van der Waals surface area contributed by atoms with Crippen molar-refractivity contribution in [1.82, 2.24) is 4.90 Å². The lowest BCUT2D eigenvalue weighted by Crippen LogP contribution is -2.38. The highest BCUT2D eigenvalue weighted by Gasteiger charge is 2.23. The molecule has 0 aliphatic carbocycles. The Hall–Kier alpha value is -1.89. The Labute approximate surface area is 99.5 Å². The van der Waals surface area contributed by atoms with Crippen LogP contribution in [0.3, 0.4) is 0 Å². The number of amides is 1. The number of carbonyl (C=O) groups is 1. The van der Waals surface area contributed by atoms with Crippen molar-refractivity contribution in [3.05, 3.63) is 35.6 Å². The molecule has 88 valence electrons. The second kappa shape index (κ2) is 4.96. The molecule has 1 heterocycles. The number of likely N-dealkylation sites (tertiary alicyclic amines) is 1. The molecule has 3 nitrogen and oxygen atoms in total. The zero-order chi connectivity index (χ0) is 12.3. The summed E-state index contributed by atoms with van der Waals surface area (Å²) in [5.74, 6) is -0.363. The topological polar surface area (TPSA) is 44.1 Å². The minimum Gasteiger partial charge on any atom is -0.339 e. The summed E-state index contributed by atoms with van der Waals surface area (Å²) in [6.07, 6.45) is 1.45. The predicted octanol–water partition coefficient (Wildman–Crippen LogP) is 2.20. The maximum atomic E-state index is 12.7. The van der Waals surface area contributed by atoms with Gasteiger partial charge in [0.15, 0.2) is 0 Å². The molecule has 1 saturated heterocycles. The summed E-state index contributed by atoms with van der Waals surface area (Å²) in [5, 5.41) is 8.77. The Morgan fingerprint density at radius 3 is 2.41 bits per heavy atom. The monoisotopic (exact) mass is 232 g/mol. The van der Waals surface area contributed by atoms with Gasteiger partial charge < -0.3 is 4.90 Å². The zero-order valence-corrected chi connectivity index (χ0v) is 9.40. The molecule has 1 fully saturated rings. The molecule has 17 heavy (non-hydrogen) atoms. The lowest BCUT2D eigenvalue weighted by atomic mass is 9.98. The molecule has 1 amide bonds. The van der Waals surface area contributed by atoms with Crippen LogP contribution in [-0.4, -0.2) is 23.9 Å². The van der Waals surface area contributed by atoms with Crippen LogP contribution < -0.4 is 0 Å². The molecular weight excluding hydrogens is 219 g/mol. The van der Waals surface area contributed by atoms with Crippen LogP contribution in [0.15, 0.2) is 24.3 Å². The van der Waals surface area contributed by atoms with Gasteiger partial charge in [0.1, 0.15) is 5.82 Å². The molecular formula is C13H13FN2O. The Bertz CT molecular complexity index is 441. The van der Waals surface area contributed by atoms with Gasteiger partial charge in [0, 0.05) is 24.6 Å². The minimum atomic E-state index is -0.343. The van der Waals surface area contributed by atoms with Gasteiger partial charge in [-0.05, 0) is 37.1 Å². The summed E-state index contributed by atoms with van der Waals surface area (Å²) in [4.78, 5) is 13.7. The van der Waals surface area contributed by atoms with E-state index in [1.54, 1.807) is 4.90 Å². The number of rotatable bonds is 1. The van der Waals surface area contributed by atoms with Crippen LogP contribution in [-0.2, 0) is 0 Å². The summed E-state index contributed by atoms with van der Waals surface area (Å²) in [6.45, 7) is 1.21. The summed E-state index contributed by atoms with van der Waals surface area (Å²) in [6, 6.07) is 7.79. The van der Waals surface area contributed by atoms with E-state index in [1.165, 1.54) is 24.3 Å². The molecule has 0 atom stereocenters. The number of piperidine rings is 1. The Morgan fingerprint density at radius 2 is 1.88 bits per heavy atom. The third kappa shape index (κ3) is 2.62. The van der Waals surface area contributed by atoms with Crippen LogP contribution in [0.5, 0.6) is 0 Å². The third-order valence-electron chi connectivity index (χ3n) is 3.06. The number of nitrogens with zero attached hydrogens (tertiary/aromatic N) is 2. The van der Waals surface area contributed by atoms with E-state index in [9.17, 15) is 9.18 Å². The number of nitriles is 1. The molecule has 0 spiro atoms. The highest BCUT2D eigenvalue weighted by Crippen LogP contribution is 2.18. The number of benzene rings is 1. The zero-order valence-electron chi connectivity index (χ0n) is 9.40. The van der Waals surface area contributed by atoms with E-state index in [2.05, 4.69) is 6.07 Å². The third-order valence-corrected chi connectivity index (χ3v) is 3.06. The van der Waals surface area contributed by atoms with Gasteiger partial charge in [0.05, 0.1) is 6.07 Å². The highest BCUT2D eigenvalue weighted by molar-refractivity contribution is 5.94. The Morgan fingerprint density at radius 1 is 1.29 bits per heavy atom. The second-order valence-electron chi connectivity index (χ2n) is 4.20. The maximum absolute atomic E-state index is 12.7. The normalized spacial score (nSPS) is 16.6. The van der Waals surface area contributed by atoms with Crippen LogP contribution in [0.1, 0.15) is 23.2 Å². The lowest BCUT2D eigenvalue weighted by Gasteiger charge is -2.29. The van der Waals surface area contributed by atoms with E-state index >= 15 is 0 Å². The summed E-state index contributed by atoms with van der Waals surface area (Å²) in [5.41, 5.74) is 0.502. The molecule has 1 aromatic carbocycles.